The third-order valence-electron chi connectivity index (χ3n) is 4.62. The Bertz CT molecular complexity index is 1010. The summed E-state index contributed by atoms with van der Waals surface area (Å²) in [5.74, 6) is -1.19. The molecular weight excluding hydrogens is 409 g/mol. The number of hydrogen-bond acceptors (Lipinski definition) is 5. The van der Waals surface area contributed by atoms with E-state index in [4.69, 9.17) is 16.3 Å². The van der Waals surface area contributed by atoms with E-state index in [1.165, 1.54) is 31.4 Å². The number of hydrogen-bond donors (Lipinski definition) is 2. The Morgan fingerprint density at radius 1 is 1.29 bits per heavy atom. The fourth-order valence-electron chi connectivity index (χ4n) is 3.08. The number of rotatable bonds is 6. The second-order valence-corrected chi connectivity index (χ2v) is 9.15. The number of anilines is 1. The van der Waals surface area contributed by atoms with Crippen molar-refractivity contribution in [3.8, 4) is 5.75 Å². The van der Waals surface area contributed by atoms with Crippen LogP contribution in [0.4, 0.5) is 10.1 Å². The van der Waals surface area contributed by atoms with Crippen molar-refractivity contribution in [1.29, 1.82) is 0 Å². The Morgan fingerprint density at radius 3 is 2.61 bits per heavy atom. The van der Waals surface area contributed by atoms with E-state index in [1.54, 1.807) is 0 Å². The Morgan fingerprint density at radius 2 is 2.00 bits per heavy atom. The van der Waals surface area contributed by atoms with E-state index in [0.29, 0.717) is 12.8 Å². The topological polar surface area (TPSA) is 92.7 Å². The first-order chi connectivity index (χ1) is 13.2. The Balaban J connectivity index is 1.87. The van der Waals surface area contributed by atoms with Crippen molar-refractivity contribution in [2.45, 2.75) is 23.8 Å². The molecule has 0 saturated heterocycles. The van der Waals surface area contributed by atoms with Gasteiger partial charge in [0, 0.05) is 0 Å². The first kappa shape index (κ1) is 20.6. The zero-order valence-corrected chi connectivity index (χ0v) is 16.6. The lowest BCUT2D eigenvalue weighted by atomic mass is 9.84. The lowest BCUT2D eigenvalue weighted by Gasteiger charge is -2.30. The molecule has 0 atom stereocenters. The van der Waals surface area contributed by atoms with Crippen LogP contribution in [0.5, 0.6) is 5.75 Å². The first-order valence-electron chi connectivity index (χ1n) is 8.55. The summed E-state index contributed by atoms with van der Waals surface area (Å²) in [6, 6.07) is 7.55. The largest absolute Gasteiger partial charge is 0.496 e. The van der Waals surface area contributed by atoms with Gasteiger partial charge in [-0.1, -0.05) is 11.6 Å². The number of nitrogens with one attached hydrogen (secondary N) is 1. The smallest absolute Gasteiger partial charge is 0.259 e. The van der Waals surface area contributed by atoms with Crippen molar-refractivity contribution in [1.82, 2.24) is 0 Å². The summed E-state index contributed by atoms with van der Waals surface area (Å²) in [4.78, 5) is 12.7. The first-order valence-corrected chi connectivity index (χ1v) is 10.6. The Labute approximate surface area is 167 Å². The van der Waals surface area contributed by atoms with Crippen molar-refractivity contribution in [2.75, 3.05) is 18.2 Å². The number of halogens is 2. The summed E-state index contributed by atoms with van der Waals surface area (Å²) in [7, 11) is -2.27. The number of methoxy groups -OCH3 is 1. The van der Waals surface area contributed by atoms with Crippen LogP contribution < -0.4 is 10.1 Å². The molecule has 0 radical (unpaired) electrons. The molecule has 9 heteroatoms. The van der Waals surface area contributed by atoms with E-state index in [9.17, 15) is 22.7 Å². The van der Waals surface area contributed by atoms with Crippen molar-refractivity contribution in [3.63, 3.8) is 0 Å². The zero-order valence-electron chi connectivity index (χ0n) is 15.0. The maximum Gasteiger partial charge on any atom is 0.259 e. The summed E-state index contributed by atoms with van der Waals surface area (Å²) in [5, 5.41) is 11.9. The van der Waals surface area contributed by atoms with E-state index >= 15 is 0 Å². The van der Waals surface area contributed by atoms with Gasteiger partial charge in [0.1, 0.15) is 11.6 Å². The minimum atomic E-state index is -3.63. The molecule has 28 heavy (non-hydrogen) atoms. The van der Waals surface area contributed by atoms with E-state index in [-0.39, 0.29) is 38.6 Å². The molecule has 0 aromatic heterocycles. The van der Waals surface area contributed by atoms with Crippen LogP contribution in [0.2, 0.25) is 5.02 Å². The van der Waals surface area contributed by atoms with Gasteiger partial charge in [-0.25, -0.2) is 12.8 Å². The minimum Gasteiger partial charge on any atom is -0.496 e. The van der Waals surface area contributed by atoms with Crippen LogP contribution in [0.1, 0.15) is 23.2 Å². The minimum absolute atomic E-state index is 0.00922. The van der Waals surface area contributed by atoms with Crippen molar-refractivity contribution >= 4 is 33.0 Å². The van der Waals surface area contributed by atoms with Gasteiger partial charge in [-0.15, -0.1) is 0 Å². The number of ether oxygens (including phenoxy) is 1. The number of benzene rings is 2. The molecule has 1 aliphatic carbocycles. The van der Waals surface area contributed by atoms with Crippen LogP contribution in [0.3, 0.4) is 0 Å². The third kappa shape index (κ3) is 4.45. The van der Waals surface area contributed by atoms with Crippen molar-refractivity contribution < 1.29 is 27.4 Å². The molecule has 2 N–H and O–H groups in total. The van der Waals surface area contributed by atoms with Crippen molar-refractivity contribution in [2.24, 2.45) is 5.92 Å². The highest BCUT2D eigenvalue weighted by Gasteiger charge is 2.32. The summed E-state index contributed by atoms with van der Waals surface area (Å²) < 4.78 is 43.6. The second-order valence-electron chi connectivity index (χ2n) is 6.71. The Hall–Kier alpha value is -2.16. The number of aliphatic hydroxyl groups excluding tert-OH is 1. The molecular formula is C19H19ClFNO5S. The number of amides is 1. The highest BCUT2D eigenvalue weighted by atomic mass is 35.5. The summed E-state index contributed by atoms with van der Waals surface area (Å²) in [5.41, 5.74) is 0.199. The van der Waals surface area contributed by atoms with Gasteiger partial charge in [0.25, 0.3) is 5.91 Å². The molecule has 0 bridgehead atoms. The predicted molar refractivity (Wildman–Crippen MR) is 103 cm³/mol. The maximum atomic E-state index is 13.2. The monoisotopic (exact) mass is 427 g/mol. The molecule has 0 aliphatic heterocycles. The highest BCUT2D eigenvalue weighted by Crippen LogP contribution is 2.32. The van der Waals surface area contributed by atoms with Crippen molar-refractivity contribution in [3.05, 3.63) is 52.8 Å². The molecule has 2 aromatic rings. The fourth-order valence-corrected chi connectivity index (χ4v) is 4.95. The van der Waals surface area contributed by atoms with E-state index in [1.807, 2.05) is 0 Å². The van der Waals surface area contributed by atoms with Gasteiger partial charge in [-0.3, -0.25) is 4.79 Å². The second kappa shape index (κ2) is 8.06. The lowest BCUT2D eigenvalue weighted by Crippen LogP contribution is -2.33. The summed E-state index contributed by atoms with van der Waals surface area (Å²) >= 11 is 5.93. The SMILES string of the molecule is COc1ccc(S(=O)(=O)CC2CC(O)C2)cc1C(=O)Nc1ccc(F)cc1Cl. The van der Waals surface area contributed by atoms with E-state index in [2.05, 4.69) is 5.32 Å². The summed E-state index contributed by atoms with van der Waals surface area (Å²) in [6.07, 6.45) is 0.454. The number of sulfone groups is 1. The van der Waals surface area contributed by atoms with Gasteiger partial charge in [-0.05, 0) is 55.2 Å². The average Bonchev–Trinajstić information content (AvgIpc) is 2.62. The lowest BCUT2D eigenvalue weighted by molar-refractivity contribution is 0.0526. The quantitative estimate of drug-likeness (QED) is 0.738. The molecule has 6 nitrogen and oxygen atoms in total. The number of carbonyl (C=O) groups excluding carboxylic acids is 1. The third-order valence-corrected chi connectivity index (χ3v) is 6.82. The van der Waals surface area contributed by atoms with Crippen LogP contribution in [-0.4, -0.2) is 38.4 Å². The number of aliphatic hydroxyl groups is 1. The van der Waals surface area contributed by atoms with E-state index in [0.717, 1.165) is 12.1 Å². The van der Waals surface area contributed by atoms with Crippen LogP contribution in [-0.2, 0) is 9.84 Å². The van der Waals surface area contributed by atoms with Crippen LogP contribution in [0.25, 0.3) is 0 Å². The molecule has 2 aromatic carbocycles. The standard InChI is InChI=1S/C19H19ClFNO5S/c1-27-18-5-3-14(28(25,26)10-11-6-13(23)7-11)9-15(18)19(24)22-17-4-2-12(21)8-16(17)20/h2-5,8-9,11,13,23H,6-7,10H2,1H3,(H,22,24). The fraction of sp³-hybridized carbons (Fsp3) is 0.316. The zero-order chi connectivity index (χ0) is 20.5. The molecule has 0 unspecified atom stereocenters. The van der Waals surface area contributed by atoms with Gasteiger partial charge in [0.05, 0.1) is 40.1 Å². The van der Waals surface area contributed by atoms with Gasteiger partial charge < -0.3 is 15.2 Å². The molecule has 0 heterocycles. The van der Waals surface area contributed by atoms with Crippen LogP contribution in [0.15, 0.2) is 41.3 Å². The molecule has 1 aliphatic rings. The summed E-state index contributed by atoms with van der Waals surface area (Å²) in [6.45, 7) is 0. The molecule has 3 rings (SSSR count). The van der Waals surface area contributed by atoms with E-state index < -0.39 is 27.7 Å². The normalized spacial score (nSPS) is 19.0. The predicted octanol–water partition coefficient (Wildman–Crippen LogP) is 3.28. The average molecular weight is 428 g/mol. The highest BCUT2D eigenvalue weighted by molar-refractivity contribution is 7.91. The molecule has 1 fully saturated rings. The van der Waals surface area contributed by atoms with Crippen LogP contribution >= 0.6 is 11.6 Å². The molecule has 1 amide bonds. The van der Waals surface area contributed by atoms with Gasteiger partial charge in [0.2, 0.25) is 0 Å². The molecule has 0 spiro atoms. The maximum absolute atomic E-state index is 13.2. The van der Waals surface area contributed by atoms with Gasteiger partial charge in [-0.2, -0.15) is 0 Å². The molecule has 150 valence electrons. The molecule has 1 saturated carbocycles. The van der Waals surface area contributed by atoms with Gasteiger partial charge >= 0.3 is 0 Å². The number of carbonyl (C=O) groups is 1. The van der Waals surface area contributed by atoms with Crippen LogP contribution in [0, 0.1) is 11.7 Å². The van der Waals surface area contributed by atoms with Gasteiger partial charge in [0.15, 0.2) is 9.84 Å². The Kier molecular flexibility index (Phi) is 5.92.